The second-order valence-electron chi connectivity index (χ2n) is 6.03. The summed E-state index contributed by atoms with van der Waals surface area (Å²) >= 11 is 7.33. The second kappa shape index (κ2) is 7.97. The highest BCUT2D eigenvalue weighted by Crippen LogP contribution is 2.38. The third-order valence-electron chi connectivity index (χ3n) is 3.94. The van der Waals surface area contributed by atoms with Gasteiger partial charge in [-0.3, -0.25) is 9.59 Å². The first-order valence-corrected chi connectivity index (χ1v) is 9.36. The summed E-state index contributed by atoms with van der Waals surface area (Å²) in [4.78, 5) is 25.4. The van der Waals surface area contributed by atoms with E-state index in [1.165, 1.54) is 11.8 Å². The van der Waals surface area contributed by atoms with Crippen LogP contribution < -0.4 is 10.6 Å². The van der Waals surface area contributed by atoms with Gasteiger partial charge in [-0.25, -0.2) is 0 Å². The number of rotatable bonds is 6. The first-order valence-electron chi connectivity index (χ1n) is 8.10. The topological polar surface area (TPSA) is 71.3 Å². The number of carbonyl (C=O) groups excluding carboxylic acids is 2. The summed E-state index contributed by atoms with van der Waals surface area (Å²) in [7, 11) is 0. The van der Waals surface area contributed by atoms with E-state index in [9.17, 15) is 9.59 Å². The van der Waals surface area contributed by atoms with Crippen LogP contribution in [0.2, 0.25) is 5.02 Å². The van der Waals surface area contributed by atoms with Gasteiger partial charge in [0.2, 0.25) is 11.8 Å². The Morgan fingerprint density at radius 2 is 2.28 bits per heavy atom. The molecule has 5 nitrogen and oxygen atoms in total. The molecule has 0 radical (unpaired) electrons. The maximum Gasteiger partial charge on any atom is 0.238 e. The molecule has 7 heteroatoms. The Bertz CT molecular complexity index is 764. The molecule has 1 aliphatic rings. The zero-order chi connectivity index (χ0) is 17.8. The second-order valence-corrected chi connectivity index (χ2v) is 7.71. The molecule has 3 rings (SSSR count). The molecule has 25 heavy (non-hydrogen) atoms. The van der Waals surface area contributed by atoms with Crippen LogP contribution >= 0.6 is 23.4 Å². The first-order chi connectivity index (χ1) is 12.0. The largest absolute Gasteiger partial charge is 0.469 e. The maximum atomic E-state index is 12.2. The number of halogens is 1. The van der Waals surface area contributed by atoms with Crippen molar-refractivity contribution >= 4 is 40.9 Å². The molecule has 2 amide bonds. The molecular weight excluding hydrogens is 360 g/mol. The van der Waals surface area contributed by atoms with Crippen molar-refractivity contribution in [2.45, 2.75) is 42.4 Å². The lowest BCUT2D eigenvalue weighted by atomic mass is 10.1. The summed E-state index contributed by atoms with van der Waals surface area (Å²) in [6.45, 7) is 1.95. The zero-order valence-corrected chi connectivity index (χ0v) is 15.3. The van der Waals surface area contributed by atoms with Crippen LogP contribution in [0.3, 0.4) is 0 Å². The van der Waals surface area contributed by atoms with E-state index in [0.29, 0.717) is 10.7 Å². The van der Waals surface area contributed by atoms with Gasteiger partial charge in [-0.15, -0.1) is 11.8 Å². The number of nitrogens with one attached hydrogen (secondary N) is 2. The van der Waals surface area contributed by atoms with Gasteiger partial charge < -0.3 is 15.1 Å². The van der Waals surface area contributed by atoms with Crippen LogP contribution in [0.4, 0.5) is 5.69 Å². The molecule has 0 fully saturated rings. The summed E-state index contributed by atoms with van der Waals surface area (Å²) in [5.41, 5.74) is 0.700. The monoisotopic (exact) mass is 378 g/mol. The maximum absolute atomic E-state index is 12.2. The molecule has 0 aliphatic carbocycles. The van der Waals surface area contributed by atoms with E-state index in [2.05, 4.69) is 10.6 Å². The van der Waals surface area contributed by atoms with Crippen LogP contribution in [0, 0.1) is 0 Å². The number of amides is 2. The Labute approximate surface area is 155 Å². The molecule has 1 aromatic heterocycles. The molecular formula is C18H19ClN2O3S. The van der Waals surface area contributed by atoms with Crippen LogP contribution in [-0.4, -0.2) is 23.1 Å². The zero-order valence-electron chi connectivity index (χ0n) is 13.8. The summed E-state index contributed by atoms with van der Waals surface area (Å²) in [5, 5.41) is 5.90. The Morgan fingerprint density at radius 3 is 3.04 bits per heavy atom. The molecule has 2 N–H and O–H groups in total. The molecule has 2 atom stereocenters. The SMILES string of the molecule is CC(CCc1ccco1)NC(=O)CC1Sc2ccc(Cl)cc2NC1=O. The minimum absolute atomic E-state index is 0.0142. The molecule has 2 heterocycles. The third kappa shape index (κ3) is 4.80. The molecule has 0 saturated heterocycles. The molecule has 1 aromatic carbocycles. The van der Waals surface area contributed by atoms with Crippen molar-refractivity contribution in [3.05, 3.63) is 47.4 Å². The van der Waals surface area contributed by atoms with Crippen molar-refractivity contribution in [3.63, 3.8) is 0 Å². The number of thioether (sulfide) groups is 1. The van der Waals surface area contributed by atoms with Crippen LogP contribution in [0.5, 0.6) is 0 Å². The van der Waals surface area contributed by atoms with E-state index >= 15 is 0 Å². The van der Waals surface area contributed by atoms with Crippen LogP contribution in [-0.2, 0) is 16.0 Å². The van der Waals surface area contributed by atoms with Gasteiger partial charge in [-0.1, -0.05) is 11.6 Å². The van der Waals surface area contributed by atoms with Crippen LogP contribution in [0.15, 0.2) is 45.9 Å². The molecule has 132 valence electrons. The van der Waals surface area contributed by atoms with Crippen LogP contribution in [0.25, 0.3) is 0 Å². The van der Waals surface area contributed by atoms with Gasteiger partial charge >= 0.3 is 0 Å². The summed E-state index contributed by atoms with van der Waals surface area (Å²) < 4.78 is 5.29. The lowest BCUT2D eigenvalue weighted by Gasteiger charge is -2.24. The third-order valence-corrected chi connectivity index (χ3v) is 5.45. The van der Waals surface area contributed by atoms with Gasteiger partial charge in [0, 0.05) is 28.8 Å². The number of hydrogen-bond donors (Lipinski definition) is 2. The molecule has 1 aliphatic heterocycles. The van der Waals surface area contributed by atoms with Crippen molar-refractivity contribution in [3.8, 4) is 0 Å². The summed E-state index contributed by atoms with van der Waals surface area (Å²) in [6.07, 6.45) is 3.33. The highest BCUT2D eigenvalue weighted by molar-refractivity contribution is 8.01. The van der Waals surface area contributed by atoms with Gasteiger partial charge in [-0.05, 0) is 43.7 Å². The average molecular weight is 379 g/mol. The standard InChI is InChI=1S/C18H19ClN2O3S/c1-11(4-6-13-3-2-8-24-13)20-17(22)10-16-18(23)21-14-9-12(19)5-7-15(14)25-16/h2-3,5,7-9,11,16H,4,6,10H2,1H3,(H,20,22)(H,21,23). The number of furan rings is 1. The first kappa shape index (κ1) is 17.9. The smallest absolute Gasteiger partial charge is 0.238 e. The van der Waals surface area contributed by atoms with E-state index in [0.717, 1.165) is 23.5 Å². The molecule has 0 saturated carbocycles. The Kier molecular flexibility index (Phi) is 5.71. The van der Waals surface area contributed by atoms with Gasteiger partial charge in [0.1, 0.15) is 5.76 Å². The quantitative estimate of drug-likeness (QED) is 0.800. The van der Waals surface area contributed by atoms with E-state index in [4.69, 9.17) is 16.0 Å². The van der Waals surface area contributed by atoms with Gasteiger partial charge in [0.05, 0.1) is 17.2 Å². The predicted molar refractivity (Wildman–Crippen MR) is 99.0 cm³/mol. The Balaban J connectivity index is 1.50. The minimum Gasteiger partial charge on any atom is -0.469 e. The molecule has 0 spiro atoms. The van der Waals surface area contributed by atoms with Gasteiger partial charge in [0.15, 0.2) is 0 Å². The number of fused-ring (bicyclic) bond motifs is 1. The predicted octanol–water partition coefficient (Wildman–Crippen LogP) is 3.87. The van der Waals surface area contributed by atoms with Crippen molar-refractivity contribution in [1.29, 1.82) is 0 Å². The Hall–Kier alpha value is -1.92. The van der Waals surface area contributed by atoms with Gasteiger partial charge in [-0.2, -0.15) is 0 Å². The number of anilines is 1. The highest BCUT2D eigenvalue weighted by atomic mass is 35.5. The van der Waals surface area contributed by atoms with Crippen LogP contribution in [0.1, 0.15) is 25.5 Å². The van der Waals surface area contributed by atoms with Crippen molar-refractivity contribution < 1.29 is 14.0 Å². The van der Waals surface area contributed by atoms with E-state index < -0.39 is 5.25 Å². The summed E-state index contributed by atoms with van der Waals surface area (Å²) in [5.74, 6) is 0.605. The fourth-order valence-corrected chi connectivity index (χ4v) is 3.91. The van der Waals surface area contributed by atoms with Crippen molar-refractivity contribution in [2.75, 3.05) is 5.32 Å². The highest BCUT2D eigenvalue weighted by Gasteiger charge is 2.29. The number of aryl methyl sites for hydroxylation is 1. The minimum atomic E-state index is -0.439. The van der Waals surface area contributed by atoms with E-state index in [1.54, 1.807) is 18.4 Å². The molecule has 0 bridgehead atoms. The fourth-order valence-electron chi connectivity index (χ4n) is 2.64. The lowest BCUT2D eigenvalue weighted by molar-refractivity contribution is -0.124. The summed E-state index contributed by atoms with van der Waals surface area (Å²) in [6, 6.07) is 9.14. The van der Waals surface area contributed by atoms with Crippen molar-refractivity contribution in [1.82, 2.24) is 5.32 Å². The van der Waals surface area contributed by atoms with E-state index in [1.807, 2.05) is 25.1 Å². The molecule has 2 aromatic rings. The molecule has 2 unspecified atom stereocenters. The number of hydrogen-bond acceptors (Lipinski definition) is 4. The number of benzene rings is 1. The Morgan fingerprint density at radius 1 is 1.44 bits per heavy atom. The fraction of sp³-hybridized carbons (Fsp3) is 0.333. The average Bonchev–Trinajstić information content (AvgIpc) is 3.07. The number of carbonyl (C=O) groups is 2. The van der Waals surface area contributed by atoms with Gasteiger partial charge in [0.25, 0.3) is 0 Å². The van der Waals surface area contributed by atoms with Crippen molar-refractivity contribution in [2.24, 2.45) is 0 Å². The normalized spacial score (nSPS) is 17.5. The van der Waals surface area contributed by atoms with E-state index in [-0.39, 0.29) is 24.3 Å². The lowest BCUT2D eigenvalue weighted by Crippen LogP contribution is -2.38.